The molecule has 21 heteroatoms. The number of nitrogens with zero attached hydrogens (tertiary/aromatic N) is 9. The highest BCUT2D eigenvalue weighted by atomic mass is 35.5. The molecule has 0 bridgehead atoms. The van der Waals surface area contributed by atoms with Crippen molar-refractivity contribution in [3.05, 3.63) is 133 Å². The highest BCUT2D eigenvalue weighted by molar-refractivity contribution is 7.15. The molecule has 0 radical (unpaired) electrons. The molecule has 1 aliphatic heterocycles. The summed E-state index contributed by atoms with van der Waals surface area (Å²) in [5.74, 6) is 1.98. The summed E-state index contributed by atoms with van der Waals surface area (Å²) in [6.07, 6.45) is 3.38. The fourth-order valence-corrected chi connectivity index (χ4v) is 10.5. The van der Waals surface area contributed by atoms with Crippen molar-refractivity contribution in [3.63, 3.8) is 0 Å². The van der Waals surface area contributed by atoms with Gasteiger partial charge in [-0.15, -0.1) is 21.5 Å². The third-order valence-corrected chi connectivity index (χ3v) is 14.3. The number of methoxy groups -OCH3 is 1. The molecule has 2 amide bonds. The first-order chi connectivity index (χ1) is 35.3. The van der Waals surface area contributed by atoms with Gasteiger partial charge in [-0.05, 0) is 83.5 Å². The second-order valence-corrected chi connectivity index (χ2v) is 19.2. The SMILES string of the molecule is COc1cc2c(cc1-c1c(C)noc1C)ncc1c2n([C@H](C)c2ccccn2)c(=O)n1CC(=O)NCCOCCOCCOCCNC(=O)C[C@@H]1N=C(c2ccc(Cl)cc2)c2c(sc(C)c2C)-n2c(C)nnc21. The summed E-state index contributed by atoms with van der Waals surface area (Å²) in [7, 11) is 1.58. The Kier molecular flexibility index (Phi) is 15.6. The number of amides is 2. The van der Waals surface area contributed by atoms with E-state index in [0.717, 1.165) is 44.4 Å². The van der Waals surface area contributed by atoms with Gasteiger partial charge in [-0.3, -0.25) is 38.3 Å². The van der Waals surface area contributed by atoms with E-state index in [9.17, 15) is 14.4 Å². The molecule has 2 N–H and O–H groups in total. The van der Waals surface area contributed by atoms with E-state index in [1.807, 2.05) is 86.9 Å². The Labute approximate surface area is 429 Å². The zero-order chi connectivity index (χ0) is 51.3. The number of carbonyl (C=O) groups is 2. The number of imidazole rings is 1. The second-order valence-electron chi connectivity index (χ2n) is 17.6. The standard InChI is InChI=1S/C52H56ClN11O8S/c1-29-33(5)73-51-46(29)48(35-11-13-36(53)14-12-35)58-41(50-60-59-34(6)64(50)51)26-44(65)55-16-18-69-20-22-71-23-21-70-19-17-56-45(66)28-62-42-27-57-40-24-38(47-30(2)61-72-32(47)4)43(68-7)25-37(40)49(42)63(52(62)67)31(3)39-10-8-9-15-54-39/h8-15,24-25,27,31,41H,16-23,26,28H2,1-7H3,(H,55,65)(H,56,66)/t31-,41+/m1/s1. The van der Waals surface area contributed by atoms with Gasteiger partial charge in [0.25, 0.3) is 0 Å². The Morgan fingerprint density at radius 2 is 1.59 bits per heavy atom. The van der Waals surface area contributed by atoms with Crippen molar-refractivity contribution in [1.82, 2.24) is 49.7 Å². The lowest BCUT2D eigenvalue weighted by Gasteiger charge is -2.15. The molecule has 2 atom stereocenters. The van der Waals surface area contributed by atoms with Crippen LogP contribution in [-0.4, -0.2) is 116 Å². The highest BCUT2D eigenvalue weighted by Gasteiger charge is 2.33. The van der Waals surface area contributed by atoms with Crippen molar-refractivity contribution in [2.24, 2.45) is 4.99 Å². The molecule has 2 aromatic carbocycles. The summed E-state index contributed by atoms with van der Waals surface area (Å²) in [6.45, 7) is 13.8. The number of benzene rings is 2. The van der Waals surface area contributed by atoms with Crippen LogP contribution in [-0.2, 0) is 30.3 Å². The Morgan fingerprint density at radius 1 is 0.877 bits per heavy atom. The lowest BCUT2D eigenvalue weighted by atomic mass is 9.99. The van der Waals surface area contributed by atoms with Crippen LogP contribution in [0.2, 0.25) is 5.02 Å². The van der Waals surface area contributed by atoms with Crippen LogP contribution < -0.4 is 21.1 Å². The third-order valence-electron chi connectivity index (χ3n) is 12.8. The maximum atomic E-state index is 14.3. The van der Waals surface area contributed by atoms with E-state index in [4.69, 9.17) is 45.0 Å². The predicted octanol–water partition coefficient (Wildman–Crippen LogP) is 7.12. The zero-order valence-corrected chi connectivity index (χ0v) is 43.2. The van der Waals surface area contributed by atoms with Crippen LogP contribution in [0.5, 0.6) is 5.75 Å². The number of hydrogen-bond donors (Lipinski definition) is 2. The first-order valence-electron chi connectivity index (χ1n) is 23.9. The molecule has 8 aromatic rings. The molecule has 73 heavy (non-hydrogen) atoms. The van der Waals surface area contributed by atoms with Crippen molar-refractivity contribution in [2.45, 2.75) is 66.6 Å². The average Bonchev–Trinajstić information content (AvgIpc) is 4.08. The summed E-state index contributed by atoms with van der Waals surface area (Å²) in [4.78, 5) is 56.7. The van der Waals surface area contributed by atoms with Gasteiger partial charge in [-0.2, -0.15) is 0 Å². The zero-order valence-electron chi connectivity index (χ0n) is 41.7. The third kappa shape index (κ3) is 10.6. The molecule has 0 saturated carbocycles. The Hall–Kier alpha value is -7.10. The Bertz CT molecular complexity index is 3380. The van der Waals surface area contributed by atoms with Crippen LogP contribution in [0.15, 0.2) is 81.3 Å². The number of aryl methyl sites for hydroxylation is 4. The van der Waals surface area contributed by atoms with Crippen LogP contribution in [0.3, 0.4) is 0 Å². The smallest absolute Gasteiger partial charge is 0.330 e. The molecule has 0 unspecified atom stereocenters. The molecule has 1 aliphatic rings. The number of aromatic nitrogens is 8. The molecule has 0 spiro atoms. The molecule has 0 fully saturated rings. The first-order valence-corrected chi connectivity index (χ1v) is 25.1. The fourth-order valence-electron chi connectivity index (χ4n) is 9.12. The number of aliphatic imine (C=N–C) groups is 1. The van der Waals surface area contributed by atoms with Crippen molar-refractivity contribution in [1.29, 1.82) is 0 Å². The number of carbonyl (C=O) groups excluding carboxylic acids is 2. The van der Waals surface area contributed by atoms with Crippen LogP contribution in [0.25, 0.3) is 38.1 Å². The van der Waals surface area contributed by atoms with Gasteiger partial charge < -0.3 is 34.1 Å². The fraction of sp³-hybridized carbons (Fsp3) is 0.365. The van der Waals surface area contributed by atoms with Crippen molar-refractivity contribution in [2.75, 3.05) is 59.8 Å². The minimum Gasteiger partial charge on any atom is -0.496 e. The van der Waals surface area contributed by atoms with Crippen molar-refractivity contribution in [3.8, 4) is 21.9 Å². The first kappa shape index (κ1) is 50.8. The van der Waals surface area contributed by atoms with Gasteiger partial charge in [-0.1, -0.05) is 35.0 Å². The Morgan fingerprint density at radius 3 is 2.26 bits per heavy atom. The number of pyridine rings is 2. The van der Waals surface area contributed by atoms with Gasteiger partial charge in [0.2, 0.25) is 11.8 Å². The second kappa shape index (κ2) is 22.3. The minimum absolute atomic E-state index is 0.0757. The number of ether oxygens (including phenoxy) is 4. The molecule has 19 nitrogen and oxygen atoms in total. The van der Waals surface area contributed by atoms with E-state index < -0.39 is 12.1 Å². The van der Waals surface area contributed by atoms with E-state index >= 15 is 0 Å². The van der Waals surface area contributed by atoms with Crippen LogP contribution >= 0.6 is 22.9 Å². The van der Waals surface area contributed by atoms with Crippen molar-refractivity contribution < 1.29 is 33.1 Å². The number of thiophene rings is 1. The lowest BCUT2D eigenvalue weighted by molar-refractivity contribution is -0.122. The number of nitrogens with one attached hydrogen (secondary N) is 2. The van der Waals surface area contributed by atoms with Crippen LogP contribution in [0.1, 0.15) is 75.8 Å². The van der Waals surface area contributed by atoms with Gasteiger partial charge in [0.1, 0.15) is 34.9 Å². The van der Waals surface area contributed by atoms with Gasteiger partial charge in [0.05, 0.1) is 105 Å². The summed E-state index contributed by atoms with van der Waals surface area (Å²) in [6, 6.07) is 15.8. The predicted molar refractivity (Wildman–Crippen MR) is 277 cm³/mol. The van der Waals surface area contributed by atoms with Gasteiger partial charge in [-0.25, -0.2) is 4.79 Å². The Balaban J connectivity index is 0.726. The molecular formula is C52H56ClN11O8S. The van der Waals surface area contributed by atoms with Crippen LogP contribution in [0.4, 0.5) is 0 Å². The van der Waals surface area contributed by atoms with Gasteiger partial charge in [0.15, 0.2) is 5.82 Å². The minimum atomic E-state index is -0.571. The summed E-state index contributed by atoms with van der Waals surface area (Å²) >= 11 is 7.90. The molecule has 6 aromatic heterocycles. The lowest BCUT2D eigenvalue weighted by Crippen LogP contribution is -2.35. The monoisotopic (exact) mass is 1030 g/mol. The average molecular weight is 1030 g/mol. The summed E-state index contributed by atoms with van der Waals surface area (Å²) in [5.41, 5.74) is 8.09. The molecule has 0 aliphatic carbocycles. The molecule has 9 rings (SSSR count). The number of halogens is 1. The number of fused-ring (bicyclic) bond motifs is 6. The van der Waals surface area contributed by atoms with E-state index in [2.05, 4.69) is 44.8 Å². The highest BCUT2D eigenvalue weighted by Crippen LogP contribution is 2.41. The largest absolute Gasteiger partial charge is 0.496 e. The van der Waals surface area contributed by atoms with E-state index in [1.54, 1.807) is 35.4 Å². The van der Waals surface area contributed by atoms with Crippen molar-refractivity contribution >= 4 is 62.4 Å². The molecule has 0 saturated heterocycles. The molecular weight excluding hydrogens is 974 g/mol. The molecule has 7 heterocycles. The normalized spacial score (nSPS) is 13.7. The van der Waals surface area contributed by atoms with Gasteiger partial charge >= 0.3 is 5.69 Å². The molecule has 380 valence electrons. The van der Waals surface area contributed by atoms with E-state index in [0.29, 0.717) is 95.3 Å². The number of rotatable bonds is 21. The quantitative estimate of drug-likeness (QED) is 0.0687. The van der Waals surface area contributed by atoms with E-state index in [1.165, 1.54) is 9.44 Å². The maximum absolute atomic E-state index is 14.3. The topological polar surface area (TPSA) is 217 Å². The van der Waals surface area contributed by atoms with Crippen LogP contribution in [0, 0.1) is 34.6 Å². The maximum Gasteiger partial charge on any atom is 0.330 e. The summed E-state index contributed by atoms with van der Waals surface area (Å²) in [5, 5.41) is 21.1. The number of hydrogen-bond acceptors (Lipinski definition) is 15. The van der Waals surface area contributed by atoms with Gasteiger partial charge in [0, 0.05) is 51.3 Å². The summed E-state index contributed by atoms with van der Waals surface area (Å²) < 4.78 is 33.5. The van der Waals surface area contributed by atoms with E-state index in [-0.39, 0.29) is 43.6 Å².